The van der Waals surface area contributed by atoms with Crippen molar-refractivity contribution in [1.29, 1.82) is 0 Å². The number of carbonyl (C=O) groups excluding carboxylic acids is 2. The summed E-state index contributed by atoms with van der Waals surface area (Å²) in [5.74, 6) is -2.25. The lowest BCUT2D eigenvalue weighted by Crippen LogP contribution is -2.35. The molecule has 8 heteroatoms. The zero-order valence-electron chi connectivity index (χ0n) is 16.9. The number of methoxy groups -OCH3 is 1. The summed E-state index contributed by atoms with van der Waals surface area (Å²) in [5, 5.41) is 11.2. The Morgan fingerprint density at radius 2 is 1.93 bits per heavy atom. The molecule has 0 aromatic heterocycles. The number of aliphatic hydroxyl groups excluding tert-OH is 1. The lowest BCUT2D eigenvalue weighted by atomic mass is 9.95. The van der Waals surface area contributed by atoms with E-state index in [0.29, 0.717) is 12.3 Å². The van der Waals surface area contributed by atoms with Crippen molar-refractivity contribution in [3.8, 4) is 5.75 Å². The van der Waals surface area contributed by atoms with Crippen LogP contribution in [0, 0.1) is 5.82 Å². The molecule has 1 atom stereocenters. The predicted octanol–water partition coefficient (Wildman–Crippen LogP) is 3.47. The van der Waals surface area contributed by atoms with Crippen LogP contribution in [0.15, 0.2) is 48.0 Å². The summed E-state index contributed by atoms with van der Waals surface area (Å²) in [5.41, 5.74) is 0.189. The molecule has 1 N–H and O–H groups in total. The first kappa shape index (κ1) is 21.8. The maximum Gasteiger partial charge on any atom is 0.295 e. The zero-order valence-corrected chi connectivity index (χ0v) is 17.6. The Balaban J connectivity index is 2.18. The third-order valence-electron chi connectivity index (χ3n) is 4.95. The molecule has 0 aliphatic carbocycles. The van der Waals surface area contributed by atoms with Gasteiger partial charge in [0.1, 0.15) is 17.3 Å². The van der Waals surface area contributed by atoms with E-state index >= 15 is 0 Å². The quantitative estimate of drug-likeness (QED) is 0.430. The van der Waals surface area contributed by atoms with Gasteiger partial charge in [-0.3, -0.25) is 9.59 Å². The summed E-state index contributed by atoms with van der Waals surface area (Å²) in [7, 11) is 5.11. The number of likely N-dealkylation sites (N-methyl/N-ethyl adjacent to an activating group) is 1. The molecule has 1 fully saturated rings. The molecule has 0 saturated carbocycles. The van der Waals surface area contributed by atoms with Crippen LogP contribution in [0.1, 0.15) is 17.2 Å². The van der Waals surface area contributed by atoms with Crippen LogP contribution in [0.4, 0.5) is 4.39 Å². The van der Waals surface area contributed by atoms with Crippen LogP contribution in [0.2, 0.25) is 5.02 Å². The summed E-state index contributed by atoms with van der Waals surface area (Å²) < 4.78 is 19.8. The molecule has 158 valence electrons. The predicted molar refractivity (Wildman–Crippen MR) is 112 cm³/mol. The van der Waals surface area contributed by atoms with Gasteiger partial charge in [0, 0.05) is 24.2 Å². The van der Waals surface area contributed by atoms with Crippen LogP contribution in [-0.4, -0.2) is 60.9 Å². The first-order chi connectivity index (χ1) is 14.3. The molecule has 6 nitrogen and oxygen atoms in total. The highest BCUT2D eigenvalue weighted by atomic mass is 35.5. The lowest BCUT2D eigenvalue weighted by Gasteiger charge is -2.26. The number of ether oxygens (including phenoxy) is 1. The van der Waals surface area contributed by atoms with E-state index < -0.39 is 29.3 Å². The van der Waals surface area contributed by atoms with Crippen LogP contribution in [-0.2, 0) is 9.59 Å². The average molecular weight is 433 g/mol. The third kappa shape index (κ3) is 4.04. The standard InChI is InChI=1S/C22H22ClFN2O4/c1-25(2)10-11-26-19(14-6-4-5-7-16(14)24)18(21(28)22(26)29)20(27)13-8-9-17(30-3)15(23)12-13/h4-9,12,19,27H,10-11H2,1-3H3/b20-18+/t19-/m0/s1. The van der Waals surface area contributed by atoms with Gasteiger partial charge in [0.2, 0.25) is 0 Å². The minimum atomic E-state index is -1.05. The van der Waals surface area contributed by atoms with E-state index in [-0.39, 0.29) is 28.3 Å². The average Bonchev–Trinajstić information content (AvgIpc) is 2.96. The fourth-order valence-corrected chi connectivity index (χ4v) is 3.67. The van der Waals surface area contributed by atoms with E-state index in [1.165, 1.54) is 48.4 Å². The van der Waals surface area contributed by atoms with Crippen molar-refractivity contribution >= 4 is 29.1 Å². The molecule has 0 radical (unpaired) electrons. The zero-order chi connectivity index (χ0) is 22.0. The third-order valence-corrected chi connectivity index (χ3v) is 5.25. The first-order valence-electron chi connectivity index (χ1n) is 9.27. The van der Waals surface area contributed by atoms with Crippen LogP contribution in [0.25, 0.3) is 5.76 Å². The van der Waals surface area contributed by atoms with Gasteiger partial charge in [-0.15, -0.1) is 0 Å². The van der Waals surface area contributed by atoms with E-state index in [4.69, 9.17) is 16.3 Å². The van der Waals surface area contributed by atoms with Crippen molar-refractivity contribution in [3.63, 3.8) is 0 Å². The van der Waals surface area contributed by atoms with Crippen LogP contribution in [0.5, 0.6) is 5.75 Å². The number of rotatable bonds is 6. The molecule has 1 aliphatic rings. The van der Waals surface area contributed by atoms with Crippen molar-refractivity contribution in [1.82, 2.24) is 9.80 Å². The summed E-state index contributed by atoms with van der Waals surface area (Å²) in [6, 6.07) is 9.34. The molecule has 2 aromatic rings. The summed E-state index contributed by atoms with van der Waals surface area (Å²) in [6.45, 7) is 0.656. The molecule has 0 unspecified atom stereocenters. The molecule has 3 rings (SSSR count). The Morgan fingerprint density at radius 3 is 2.53 bits per heavy atom. The van der Waals surface area contributed by atoms with E-state index in [9.17, 15) is 19.1 Å². The number of benzene rings is 2. The van der Waals surface area contributed by atoms with Crippen molar-refractivity contribution in [2.24, 2.45) is 0 Å². The van der Waals surface area contributed by atoms with Crippen molar-refractivity contribution in [2.75, 3.05) is 34.3 Å². The number of likely N-dealkylation sites (tertiary alicyclic amines) is 1. The van der Waals surface area contributed by atoms with Crippen molar-refractivity contribution in [2.45, 2.75) is 6.04 Å². The van der Waals surface area contributed by atoms with Gasteiger partial charge < -0.3 is 19.6 Å². The molecule has 0 spiro atoms. The highest BCUT2D eigenvalue weighted by Gasteiger charge is 2.46. The van der Waals surface area contributed by atoms with Gasteiger partial charge >= 0.3 is 0 Å². The lowest BCUT2D eigenvalue weighted by molar-refractivity contribution is -0.140. The second kappa shape index (κ2) is 8.85. The smallest absolute Gasteiger partial charge is 0.295 e. The number of carbonyl (C=O) groups is 2. The molecule has 1 heterocycles. The number of aliphatic hydroxyl groups is 1. The Bertz CT molecular complexity index is 1020. The number of Topliss-reactive ketones (excluding diaryl/α,β-unsaturated/α-hetero) is 1. The number of halogens is 2. The Hall–Kier alpha value is -2.90. The maximum atomic E-state index is 14.7. The summed E-state index contributed by atoms with van der Waals surface area (Å²) in [4.78, 5) is 28.8. The van der Waals surface area contributed by atoms with Gasteiger partial charge in [-0.05, 0) is 38.4 Å². The van der Waals surface area contributed by atoms with Gasteiger partial charge in [-0.2, -0.15) is 0 Å². The molecule has 1 saturated heterocycles. The molecular formula is C22H22ClFN2O4. The Morgan fingerprint density at radius 1 is 1.23 bits per heavy atom. The monoisotopic (exact) mass is 432 g/mol. The molecule has 1 amide bonds. The second-order valence-electron chi connectivity index (χ2n) is 7.17. The van der Waals surface area contributed by atoms with E-state index in [2.05, 4.69) is 0 Å². The normalized spacial score (nSPS) is 18.3. The fraction of sp³-hybridized carbons (Fsp3) is 0.273. The van der Waals surface area contributed by atoms with E-state index in [1.54, 1.807) is 6.07 Å². The van der Waals surface area contributed by atoms with Gasteiger partial charge in [0.15, 0.2) is 0 Å². The summed E-state index contributed by atoms with van der Waals surface area (Å²) >= 11 is 6.15. The molecule has 30 heavy (non-hydrogen) atoms. The number of hydrogen-bond donors (Lipinski definition) is 1. The molecule has 1 aliphatic heterocycles. The van der Waals surface area contributed by atoms with Crippen LogP contribution in [0.3, 0.4) is 0 Å². The highest BCUT2D eigenvalue weighted by Crippen LogP contribution is 2.40. The largest absolute Gasteiger partial charge is 0.507 e. The second-order valence-corrected chi connectivity index (χ2v) is 7.57. The van der Waals surface area contributed by atoms with Gasteiger partial charge in [0.05, 0.1) is 23.7 Å². The maximum absolute atomic E-state index is 14.7. The number of amides is 1. The minimum absolute atomic E-state index is 0.136. The van der Waals surface area contributed by atoms with Crippen LogP contribution >= 0.6 is 11.6 Å². The topological polar surface area (TPSA) is 70.1 Å². The Labute approximate surface area is 179 Å². The van der Waals surface area contributed by atoms with Crippen molar-refractivity contribution < 1.29 is 23.8 Å². The first-order valence-corrected chi connectivity index (χ1v) is 9.65. The SMILES string of the molecule is COc1ccc(/C(O)=C2\C(=O)C(=O)N(CCN(C)C)[C@H]2c2ccccc2F)cc1Cl. The van der Waals surface area contributed by atoms with E-state index in [0.717, 1.165) is 0 Å². The van der Waals surface area contributed by atoms with Gasteiger partial charge in [-0.25, -0.2) is 4.39 Å². The minimum Gasteiger partial charge on any atom is -0.507 e. The number of nitrogens with zero attached hydrogens (tertiary/aromatic N) is 2. The molecule has 0 bridgehead atoms. The molecular weight excluding hydrogens is 411 g/mol. The Kier molecular flexibility index (Phi) is 6.43. The fourth-order valence-electron chi connectivity index (χ4n) is 3.41. The van der Waals surface area contributed by atoms with Crippen molar-refractivity contribution in [3.05, 3.63) is 70.0 Å². The number of hydrogen-bond acceptors (Lipinski definition) is 5. The highest BCUT2D eigenvalue weighted by molar-refractivity contribution is 6.46. The van der Waals surface area contributed by atoms with E-state index in [1.807, 2.05) is 19.0 Å². The van der Waals surface area contributed by atoms with Gasteiger partial charge in [-0.1, -0.05) is 29.8 Å². The van der Waals surface area contributed by atoms with Gasteiger partial charge in [0.25, 0.3) is 11.7 Å². The summed E-state index contributed by atoms with van der Waals surface area (Å²) in [6.07, 6.45) is 0. The molecule has 2 aromatic carbocycles. The number of ketones is 1. The van der Waals surface area contributed by atoms with Crippen LogP contribution < -0.4 is 4.74 Å².